The molecule has 1 N–H and O–H groups in total. The second-order valence-electron chi connectivity index (χ2n) is 7.63. The highest BCUT2D eigenvalue weighted by Crippen LogP contribution is 2.29. The largest absolute Gasteiger partial charge is 0.449 e. The third-order valence-electron chi connectivity index (χ3n) is 5.52. The Morgan fingerprint density at radius 2 is 1.90 bits per heavy atom. The van der Waals surface area contributed by atoms with Crippen molar-refractivity contribution in [1.29, 1.82) is 0 Å². The first-order chi connectivity index (χ1) is 14.5. The summed E-state index contributed by atoms with van der Waals surface area (Å²) in [5.74, 6) is -0.806. The summed E-state index contributed by atoms with van der Waals surface area (Å²) >= 11 is 0. The van der Waals surface area contributed by atoms with E-state index in [4.69, 9.17) is 4.74 Å². The smallest absolute Gasteiger partial charge is 0.338 e. The number of carbonyl (C=O) groups is 2. The van der Waals surface area contributed by atoms with Crippen molar-refractivity contribution in [1.82, 2.24) is 15.1 Å². The molecule has 1 amide bonds. The lowest BCUT2D eigenvalue weighted by Gasteiger charge is -2.27. The zero-order valence-electron chi connectivity index (χ0n) is 17.2. The van der Waals surface area contributed by atoms with Gasteiger partial charge in [0.05, 0.1) is 17.3 Å². The number of carbonyl (C=O) groups excluding carboxylic acids is 2. The molecule has 4 rings (SSSR count). The summed E-state index contributed by atoms with van der Waals surface area (Å²) in [6, 6.07) is 17.0. The lowest BCUT2D eigenvalue weighted by molar-refractivity contribution is -0.130. The maximum absolute atomic E-state index is 12.6. The van der Waals surface area contributed by atoms with Crippen LogP contribution in [0.2, 0.25) is 0 Å². The Morgan fingerprint density at radius 3 is 2.63 bits per heavy atom. The zero-order valence-corrected chi connectivity index (χ0v) is 17.2. The molecule has 0 saturated carbocycles. The molecule has 2 aromatic carbocycles. The topological polar surface area (TPSA) is 73.2 Å². The van der Waals surface area contributed by atoms with Crippen molar-refractivity contribution < 1.29 is 14.3 Å². The van der Waals surface area contributed by atoms with Crippen LogP contribution in [0.1, 0.15) is 53.0 Å². The molecule has 3 aromatic rings. The standard InChI is InChI=1S/C24H25N3O3/c1-16-14-15-25-27(16)20-12-10-19(11-13-20)24(29)30-17(2)23(28)26-22-9-5-7-18-6-3-4-8-21(18)22/h3-4,6,8,10-15,17,22H,5,7,9H2,1-2H3,(H,26,28)/t17-,22+/m0/s1. The highest BCUT2D eigenvalue weighted by molar-refractivity contribution is 5.92. The lowest BCUT2D eigenvalue weighted by atomic mass is 9.87. The Labute approximate surface area is 175 Å². The molecule has 1 aliphatic carbocycles. The van der Waals surface area contributed by atoms with Crippen molar-refractivity contribution in [3.05, 3.63) is 83.2 Å². The number of hydrogen-bond donors (Lipinski definition) is 1. The van der Waals surface area contributed by atoms with Gasteiger partial charge in [0.15, 0.2) is 6.10 Å². The second-order valence-corrected chi connectivity index (χ2v) is 7.63. The average Bonchev–Trinajstić information content (AvgIpc) is 3.20. The molecule has 0 saturated heterocycles. The van der Waals surface area contributed by atoms with Crippen LogP contribution in [0.4, 0.5) is 0 Å². The van der Waals surface area contributed by atoms with Crippen molar-refractivity contribution in [2.75, 3.05) is 0 Å². The fourth-order valence-electron chi connectivity index (χ4n) is 3.85. The summed E-state index contributed by atoms with van der Waals surface area (Å²) in [6.07, 6.45) is 3.79. The number of ether oxygens (including phenoxy) is 1. The van der Waals surface area contributed by atoms with E-state index in [1.165, 1.54) is 5.56 Å². The van der Waals surface area contributed by atoms with Gasteiger partial charge in [-0.1, -0.05) is 24.3 Å². The van der Waals surface area contributed by atoms with E-state index in [-0.39, 0.29) is 11.9 Å². The van der Waals surface area contributed by atoms with Crippen molar-refractivity contribution in [2.24, 2.45) is 0 Å². The first kappa shape index (κ1) is 19.9. The minimum atomic E-state index is -0.875. The molecule has 1 aliphatic rings. The van der Waals surface area contributed by atoms with E-state index >= 15 is 0 Å². The van der Waals surface area contributed by atoms with E-state index in [1.54, 1.807) is 42.1 Å². The molecule has 0 spiro atoms. The van der Waals surface area contributed by atoms with Gasteiger partial charge in [-0.25, -0.2) is 9.48 Å². The van der Waals surface area contributed by atoms with Crippen LogP contribution < -0.4 is 5.32 Å². The molecule has 1 aromatic heterocycles. The highest BCUT2D eigenvalue weighted by atomic mass is 16.5. The summed E-state index contributed by atoms with van der Waals surface area (Å²) in [5, 5.41) is 7.29. The Kier molecular flexibility index (Phi) is 5.65. The number of amides is 1. The highest BCUT2D eigenvalue weighted by Gasteiger charge is 2.25. The number of aromatic nitrogens is 2. The predicted molar refractivity (Wildman–Crippen MR) is 113 cm³/mol. The number of nitrogens with one attached hydrogen (secondary N) is 1. The molecule has 154 valence electrons. The van der Waals surface area contributed by atoms with Crippen molar-refractivity contribution in [3.8, 4) is 5.69 Å². The van der Waals surface area contributed by atoms with Gasteiger partial charge in [-0.2, -0.15) is 5.10 Å². The van der Waals surface area contributed by atoms with E-state index in [2.05, 4.69) is 22.5 Å². The van der Waals surface area contributed by atoms with E-state index in [9.17, 15) is 9.59 Å². The van der Waals surface area contributed by atoms with Gasteiger partial charge in [-0.15, -0.1) is 0 Å². The van der Waals surface area contributed by atoms with Gasteiger partial charge >= 0.3 is 5.97 Å². The van der Waals surface area contributed by atoms with Crippen LogP contribution in [0.15, 0.2) is 60.8 Å². The Hall–Kier alpha value is -3.41. The monoisotopic (exact) mass is 403 g/mol. The molecule has 2 atom stereocenters. The third-order valence-corrected chi connectivity index (χ3v) is 5.52. The molecule has 0 radical (unpaired) electrons. The maximum Gasteiger partial charge on any atom is 0.338 e. The van der Waals surface area contributed by atoms with Gasteiger partial charge < -0.3 is 10.1 Å². The van der Waals surface area contributed by atoms with Crippen molar-refractivity contribution >= 4 is 11.9 Å². The predicted octanol–water partition coefficient (Wildman–Crippen LogP) is 3.92. The molecule has 1 heterocycles. The fraction of sp³-hybridized carbons (Fsp3) is 0.292. The molecule has 30 heavy (non-hydrogen) atoms. The summed E-state index contributed by atoms with van der Waals surface area (Å²) in [6.45, 7) is 3.56. The molecule has 0 aliphatic heterocycles. The van der Waals surface area contributed by atoms with Crippen LogP contribution in [0.3, 0.4) is 0 Å². The molecule has 0 fully saturated rings. The van der Waals surface area contributed by atoms with E-state index in [0.717, 1.165) is 36.2 Å². The second kappa shape index (κ2) is 8.53. The van der Waals surface area contributed by atoms with Gasteiger partial charge in [0.2, 0.25) is 0 Å². The fourth-order valence-corrected chi connectivity index (χ4v) is 3.85. The van der Waals surface area contributed by atoms with Gasteiger partial charge in [0.1, 0.15) is 0 Å². The summed E-state index contributed by atoms with van der Waals surface area (Å²) in [4.78, 5) is 25.1. The molecular formula is C24H25N3O3. The Bertz CT molecular complexity index is 1060. The van der Waals surface area contributed by atoms with E-state index in [1.807, 2.05) is 25.1 Å². The SMILES string of the molecule is Cc1ccnn1-c1ccc(C(=O)O[C@@H](C)C(=O)N[C@@H]2CCCc3ccccc32)cc1. The number of aryl methyl sites for hydroxylation is 2. The van der Waals surface area contributed by atoms with Gasteiger partial charge in [0.25, 0.3) is 5.91 Å². The van der Waals surface area contributed by atoms with Gasteiger partial charge in [0, 0.05) is 11.9 Å². The van der Waals surface area contributed by atoms with Gasteiger partial charge in [-0.3, -0.25) is 4.79 Å². The lowest BCUT2D eigenvalue weighted by Crippen LogP contribution is -2.39. The van der Waals surface area contributed by atoms with Crippen LogP contribution >= 0.6 is 0 Å². The van der Waals surface area contributed by atoms with Crippen molar-refractivity contribution in [2.45, 2.75) is 45.3 Å². The number of esters is 1. The molecule has 6 nitrogen and oxygen atoms in total. The maximum atomic E-state index is 12.6. The quantitative estimate of drug-likeness (QED) is 0.656. The Morgan fingerprint density at radius 1 is 1.13 bits per heavy atom. The number of fused-ring (bicyclic) bond motifs is 1. The van der Waals surface area contributed by atoms with Crippen molar-refractivity contribution in [3.63, 3.8) is 0 Å². The molecule has 0 unspecified atom stereocenters. The zero-order chi connectivity index (χ0) is 21.1. The molecular weight excluding hydrogens is 378 g/mol. The minimum absolute atomic E-state index is 0.0415. The van der Waals surface area contributed by atoms with Gasteiger partial charge in [-0.05, 0) is 74.6 Å². The van der Waals surface area contributed by atoms with Crippen LogP contribution in [0.5, 0.6) is 0 Å². The third kappa shape index (κ3) is 4.13. The number of hydrogen-bond acceptors (Lipinski definition) is 4. The van der Waals surface area contributed by atoms with Crippen LogP contribution in [0, 0.1) is 6.92 Å². The first-order valence-corrected chi connectivity index (χ1v) is 10.2. The van der Waals surface area contributed by atoms with Crippen LogP contribution in [-0.2, 0) is 16.0 Å². The molecule has 6 heteroatoms. The Balaban J connectivity index is 1.38. The normalized spacial score (nSPS) is 16.4. The van der Waals surface area contributed by atoms with Crippen LogP contribution in [-0.4, -0.2) is 27.8 Å². The van der Waals surface area contributed by atoms with Crippen LogP contribution in [0.25, 0.3) is 5.69 Å². The number of rotatable bonds is 5. The van der Waals surface area contributed by atoms with E-state index in [0.29, 0.717) is 5.56 Å². The number of nitrogens with zero attached hydrogens (tertiary/aromatic N) is 2. The van der Waals surface area contributed by atoms with E-state index < -0.39 is 12.1 Å². The number of benzene rings is 2. The average molecular weight is 403 g/mol. The minimum Gasteiger partial charge on any atom is -0.449 e. The summed E-state index contributed by atoms with van der Waals surface area (Å²) in [5.41, 5.74) is 4.67. The molecule has 0 bridgehead atoms. The first-order valence-electron chi connectivity index (χ1n) is 10.2. The summed E-state index contributed by atoms with van der Waals surface area (Å²) in [7, 11) is 0. The summed E-state index contributed by atoms with van der Waals surface area (Å²) < 4.78 is 7.19.